The summed E-state index contributed by atoms with van der Waals surface area (Å²) in [5.41, 5.74) is 5.58. The van der Waals surface area contributed by atoms with Crippen LogP contribution < -0.4 is 11.1 Å². The van der Waals surface area contributed by atoms with Crippen LogP contribution in [-0.2, 0) is 9.53 Å². The van der Waals surface area contributed by atoms with Crippen LogP contribution in [0.4, 0.5) is 0 Å². The Balaban J connectivity index is 2.19. The molecule has 1 fully saturated rings. The molecule has 2 unspecified atom stereocenters. The smallest absolute Gasteiger partial charge is 0.246 e. The summed E-state index contributed by atoms with van der Waals surface area (Å²) in [5.74, 6) is 1.10. The van der Waals surface area contributed by atoms with E-state index in [0.717, 1.165) is 13.0 Å². The molecule has 0 saturated heterocycles. The minimum absolute atomic E-state index is 0.0239. The first-order valence-corrected chi connectivity index (χ1v) is 7.07. The monoisotopic (exact) mass is 256 g/mol. The molecule has 0 spiro atoms. The van der Waals surface area contributed by atoms with E-state index in [1.807, 2.05) is 13.8 Å². The van der Waals surface area contributed by atoms with Gasteiger partial charge in [-0.1, -0.05) is 13.3 Å². The van der Waals surface area contributed by atoms with Crippen LogP contribution in [0, 0.1) is 11.8 Å². The van der Waals surface area contributed by atoms with Crippen molar-refractivity contribution < 1.29 is 9.53 Å². The van der Waals surface area contributed by atoms with Gasteiger partial charge in [0.05, 0.1) is 6.61 Å². The van der Waals surface area contributed by atoms with Gasteiger partial charge in [0.2, 0.25) is 5.91 Å². The van der Waals surface area contributed by atoms with Crippen LogP contribution >= 0.6 is 0 Å². The van der Waals surface area contributed by atoms with Gasteiger partial charge in [0.1, 0.15) is 6.61 Å². The summed E-state index contributed by atoms with van der Waals surface area (Å²) < 4.78 is 5.53. The van der Waals surface area contributed by atoms with Gasteiger partial charge in [0, 0.05) is 5.54 Å². The van der Waals surface area contributed by atoms with Crippen molar-refractivity contribution in [1.82, 2.24) is 5.32 Å². The first kappa shape index (κ1) is 15.4. The van der Waals surface area contributed by atoms with Crippen LogP contribution in [0.5, 0.6) is 0 Å². The van der Waals surface area contributed by atoms with Crippen molar-refractivity contribution in [3.05, 3.63) is 0 Å². The third kappa shape index (κ3) is 4.94. The molecule has 3 N–H and O–H groups in total. The SMILES string of the molecule is CCC(C)(C)NC(=O)COCC1CCCC1CN. The van der Waals surface area contributed by atoms with E-state index in [1.54, 1.807) is 0 Å². The molecule has 2 atom stereocenters. The zero-order valence-corrected chi connectivity index (χ0v) is 12.0. The molecule has 1 saturated carbocycles. The van der Waals surface area contributed by atoms with Crippen molar-refractivity contribution in [3.8, 4) is 0 Å². The maximum Gasteiger partial charge on any atom is 0.246 e. The minimum atomic E-state index is -0.145. The van der Waals surface area contributed by atoms with Crippen LogP contribution in [-0.4, -0.2) is 31.2 Å². The number of carbonyl (C=O) groups excluding carboxylic acids is 1. The number of hydrogen-bond acceptors (Lipinski definition) is 3. The number of ether oxygens (including phenoxy) is 1. The highest BCUT2D eigenvalue weighted by Crippen LogP contribution is 2.30. The minimum Gasteiger partial charge on any atom is -0.371 e. The second kappa shape index (κ2) is 7.10. The summed E-state index contributed by atoms with van der Waals surface area (Å²) in [5, 5.41) is 2.97. The van der Waals surface area contributed by atoms with Crippen LogP contribution in [0.15, 0.2) is 0 Å². The Morgan fingerprint density at radius 2 is 2.06 bits per heavy atom. The van der Waals surface area contributed by atoms with Gasteiger partial charge in [0.15, 0.2) is 0 Å². The number of carbonyl (C=O) groups is 1. The van der Waals surface area contributed by atoms with Gasteiger partial charge in [0.25, 0.3) is 0 Å². The average molecular weight is 256 g/mol. The lowest BCUT2D eigenvalue weighted by Crippen LogP contribution is -2.44. The normalized spacial score (nSPS) is 24.2. The lowest BCUT2D eigenvalue weighted by molar-refractivity contribution is -0.127. The van der Waals surface area contributed by atoms with Crippen molar-refractivity contribution in [3.63, 3.8) is 0 Å². The fourth-order valence-corrected chi connectivity index (χ4v) is 2.45. The van der Waals surface area contributed by atoms with Gasteiger partial charge < -0.3 is 15.8 Å². The van der Waals surface area contributed by atoms with Crippen molar-refractivity contribution in [2.24, 2.45) is 17.6 Å². The number of hydrogen-bond donors (Lipinski definition) is 2. The molecule has 0 heterocycles. The number of nitrogens with two attached hydrogens (primary N) is 1. The maximum atomic E-state index is 11.7. The molecular formula is C14H28N2O2. The molecule has 18 heavy (non-hydrogen) atoms. The topological polar surface area (TPSA) is 64.3 Å². The summed E-state index contributed by atoms with van der Waals surface area (Å²) >= 11 is 0. The molecule has 0 bridgehead atoms. The molecule has 1 rings (SSSR count). The van der Waals surface area contributed by atoms with E-state index in [0.29, 0.717) is 18.4 Å². The molecule has 0 aromatic heterocycles. The highest BCUT2D eigenvalue weighted by molar-refractivity contribution is 5.77. The van der Waals surface area contributed by atoms with E-state index in [9.17, 15) is 4.79 Å². The summed E-state index contributed by atoms with van der Waals surface area (Å²) in [6.07, 6.45) is 4.55. The van der Waals surface area contributed by atoms with Crippen molar-refractivity contribution >= 4 is 5.91 Å². The van der Waals surface area contributed by atoms with Crippen molar-refractivity contribution in [2.75, 3.05) is 19.8 Å². The molecule has 1 aliphatic rings. The Bertz CT molecular complexity index is 267. The Kier molecular flexibility index (Phi) is 6.09. The van der Waals surface area contributed by atoms with Gasteiger partial charge in [-0.05, 0) is 51.5 Å². The average Bonchev–Trinajstić information content (AvgIpc) is 2.76. The number of rotatable bonds is 7. The second-order valence-corrected chi connectivity index (χ2v) is 5.99. The fourth-order valence-electron chi connectivity index (χ4n) is 2.45. The summed E-state index contributed by atoms with van der Waals surface area (Å²) in [6, 6.07) is 0. The molecular weight excluding hydrogens is 228 g/mol. The molecule has 4 nitrogen and oxygen atoms in total. The zero-order chi connectivity index (χ0) is 13.6. The largest absolute Gasteiger partial charge is 0.371 e. The van der Waals surface area contributed by atoms with E-state index in [-0.39, 0.29) is 18.1 Å². The van der Waals surface area contributed by atoms with Gasteiger partial charge in [-0.25, -0.2) is 0 Å². The standard InChI is InChI=1S/C14H28N2O2/c1-4-14(2,3)16-13(17)10-18-9-12-7-5-6-11(12)8-15/h11-12H,4-10,15H2,1-3H3,(H,16,17). The molecule has 0 aromatic carbocycles. The second-order valence-electron chi connectivity index (χ2n) is 5.99. The van der Waals surface area contributed by atoms with Crippen molar-refractivity contribution in [2.45, 2.75) is 52.0 Å². The van der Waals surface area contributed by atoms with Crippen LogP contribution in [0.2, 0.25) is 0 Å². The predicted octanol–water partition coefficient (Wildman–Crippen LogP) is 1.68. The summed E-state index contributed by atoms with van der Waals surface area (Å²) in [4.78, 5) is 11.7. The van der Waals surface area contributed by atoms with E-state index < -0.39 is 0 Å². The van der Waals surface area contributed by atoms with Gasteiger partial charge in [-0.15, -0.1) is 0 Å². The van der Waals surface area contributed by atoms with Gasteiger partial charge >= 0.3 is 0 Å². The third-order valence-electron chi connectivity index (χ3n) is 4.05. The molecule has 106 valence electrons. The quantitative estimate of drug-likeness (QED) is 0.728. The first-order chi connectivity index (χ1) is 8.48. The van der Waals surface area contributed by atoms with E-state index in [2.05, 4.69) is 12.2 Å². The molecule has 1 aliphatic carbocycles. The van der Waals surface area contributed by atoms with Gasteiger partial charge in [-0.3, -0.25) is 4.79 Å². The lowest BCUT2D eigenvalue weighted by Gasteiger charge is -2.24. The molecule has 0 aliphatic heterocycles. The highest BCUT2D eigenvalue weighted by atomic mass is 16.5. The molecule has 0 radical (unpaired) electrons. The van der Waals surface area contributed by atoms with E-state index in [4.69, 9.17) is 10.5 Å². The molecule has 4 heteroatoms. The Morgan fingerprint density at radius 3 is 2.67 bits per heavy atom. The molecule has 0 aromatic rings. The highest BCUT2D eigenvalue weighted by Gasteiger charge is 2.26. The van der Waals surface area contributed by atoms with Crippen LogP contribution in [0.1, 0.15) is 46.5 Å². The van der Waals surface area contributed by atoms with E-state index >= 15 is 0 Å². The Labute approximate surface area is 111 Å². The van der Waals surface area contributed by atoms with Gasteiger partial charge in [-0.2, -0.15) is 0 Å². The number of nitrogens with one attached hydrogen (secondary N) is 1. The van der Waals surface area contributed by atoms with Crippen molar-refractivity contribution in [1.29, 1.82) is 0 Å². The summed E-state index contributed by atoms with van der Waals surface area (Å²) in [6.45, 7) is 7.67. The first-order valence-electron chi connectivity index (χ1n) is 7.07. The Morgan fingerprint density at radius 1 is 1.39 bits per heavy atom. The maximum absolute atomic E-state index is 11.7. The Hall–Kier alpha value is -0.610. The van der Waals surface area contributed by atoms with E-state index in [1.165, 1.54) is 19.3 Å². The lowest BCUT2D eigenvalue weighted by atomic mass is 9.97. The molecule has 1 amide bonds. The number of amides is 1. The fraction of sp³-hybridized carbons (Fsp3) is 0.929. The predicted molar refractivity (Wildman–Crippen MR) is 73.2 cm³/mol. The zero-order valence-electron chi connectivity index (χ0n) is 12.0. The summed E-state index contributed by atoms with van der Waals surface area (Å²) in [7, 11) is 0. The third-order valence-corrected chi connectivity index (χ3v) is 4.05. The van der Waals surface area contributed by atoms with Crippen LogP contribution in [0.25, 0.3) is 0 Å². The van der Waals surface area contributed by atoms with Crippen LogP contribution in [0.3, 0.4) is 0 Å².